The molecule has 0 radical (unpaired) electrons. The van der Waals surface area contributed by atoms with E-state index >= 15 is 0 Å². The molecule has 0 bridgehead atoms. The number of anilines is 2. The number of carbonyl (C=O) groups excluding carboxylic acids is 1. The first-order chi connectivity index (χ1) is 9.72. The first-order valence-corrected chi connectivity index (χ1v) is 7.87. The molecule has 2 N–H and O–H groups in total. The van der Waals surface area contributed by atoms with Crippen LogP contribution >= 0.6 is 11.3 Å². The predicted molar refractivity (Wildman–Crippen MR) is 79.7 cm³/mol. The Balaban J connectivity index is 1.97. The molecule has 1 aliphatic heterocycles. The van der Waals surface area contributed by atoms with Gasteiger partial charge in [-0.1, -0.05) is 0 Å². The minimum absolute atomic E-state index is 0.327. The molecule has 2 fully saturated rings. The van der Waals surface area contributed by atoms with Crippen LogP contribution in [0.15, 0.2) is 0 Å². The first kappa shape index (κ1) is 13.7. The molecule has 1 saturated heterocycles. The molecular weight excluding hydrogens is 276 g/mol. The maximum absolute atomic E-state index is 11.9. The maximum atomic E-state index is 11.9. The third-order valence-corrected chi connectivity index (χ3v) is 5.09. The Morgan fingerprint density at radius 2 is 2.20 bits per heavy atom. The highest BCUT2D eigenvalue weighted by Gasteiger charge is 2.35. The van der Waals surface area contributed by atoms with Crippen molar-refractivity contribution in [3.63, 3.8) is 0 Å². The molecule has 0 amide bonds. The summed E-state index contributed by atoms with van der Waals surface area (Å²) in [6.45, 7) is 3.36. The molecule has 3 rings (SSSR count). The van der Waals surface area contributed by atoms with Crippen molar-refractivity contribution in [2.45, 2.75) is 25.2 Å². The van der Waals surface area contributed by atoms with Crippen LogP contribution in [0.2, 0.25) is 0 Å². The summed E-state index contributed by atoms with van der Waals surface area (Å²) >= 11 is 1.47. The second-order valence-corrected chi connectivity index (χ2v) is 6.28. The van der Waals surface area contributed by atoms with Gasteiger partial charge in [-0.25, -0.2) is 4.79 Å². The van der Waals surface area contributed by atoms with Crippen LogP contribution in [0.25, 0.3) is 0 Å². The normalized spacial score (nSPS) is 19.8. The van der Waals surface area contributed by atoms with Crippen LogP contribution < -0.4 is 10.6 Å². The lowest BCUT2D eigenvalue weighted by molar-refractivity contribution is 0.0607. The molecule has 0 aromatic carbocycles. The van der Waals surface area contributed by atoms with E-state index in [4.69, 9.17) is 15.2 Å². The molecule has 110 valence electrons. The fourth-order valence-electron chi connectivity index (χ4n) is 2.64. The van der Waals surface area contributed by atoms with Crippen molar-refractivity contribution < 1.29 is 14.3 Å². The van der Waals surface area contributed by atoms with E-state index in [0.717, 1.165) is 43.3 Å². The Labute approximate surface area is 122 Å². The van der Waals surface area contributed by atoms with E-state index in [1.165, 1.54) is 31.3 Å². The van der Waals surface area contributed by atoms with Crippen LogP contribution in [0.3, 0.4) is 0 Å². The number of hydrogen-bond donors (Lipinski definition) is 1. The average Bonchev–Trinajstić information content (AvgIpc) is 3.26. The standard InChI is InChI=1S/C14H20N2O3S/c1-18-14(17)12-11(15)10(9-3-4-9)13(20-12)16-5-2-7-19-8-6-16/h9H,2-8,15H2,1H3. The number of hydrogen-bond acceptors (Lipinski definition) is 6. The van der Waals surface area contributed by atoms with Gasteiger partial charge in [-0.05, 0) is 25.2 Å². The molecule has 0 unspecified atom stereocenters. The van der Waals surface area contributed by atoms with E-state index in [-0.39, 0.29) is 5.97 Å². The quantitative estimate of drug-likeness (QED) is 0.866. The van der Waals surface area contributed by atoms with E-state index in [9.17, 15) is 4.79 Å². The van der Waals surface area contributed by atoms with Crippen molar-refractivity contribution in [2.24, 2.45) is 0 Å². The minimum atomic E-state index is -0.327. The summed E-state index contributed by atoms with van der Waals surface area (Å²) in [7, 11) is 1.40. The average molecular weight is 296 g/mol. The number of rotatable bonds is 3. The second kappa shape index (κ2) is 5.61. The first-order valence-electron chi connectivity index (χ1n) is 7.05. The van der Waals surface area contributed by atoms with Crippen LogP contribution in [-0.4, -0.2) is 39.4 Å². The van der Waals surface area contributed by atoms with Gasteiger partial charge < -0.3 is 20.1 Å². The number of thiophene rings is 1. The fourth-order valence-corrected chi connectivity index (χ4v) is 3.92. The van der Waals surface area contributed by atoms with Crippen LogP contribution in [0.5, 0.6) is 0 Å². The minimum Gasteiger partial charge on any atom is -0.465 e. The van der Waals surface area contributed by atoms with Crippen molar-refractivity contribution >= 4 is 28.0 Å². The van der Waals surface area contributed by atoms with Crippen molar-refractivity contribution in [1.82, 2.24) is 0 Å². The third kappa shape index (κ3) is 2.50. The highest BCUT2D eigenvalue weighted by Crippen LogP contribution is 2.52. The van der Waals surface area contributed by atoms with Crippen molar-refractivity contribution in [3.8, 4) is 0 Å². The zero-order chi connectivity index (χ0) is 14.1. The summed E-state index contributed by atoms with van der Waals surface area (Å²) in [6, 6.07) is 0. The molecule has 6 heteroatoms. The Kier molecular flexibility index (Phi) is 3.85. The van der Waals surface area contributed by atoms with E-state index in [1.807, 2.05) is 0 Å². The molecule has 0 spiro atoms. The van der Waals surface area contributed by atoms with Crippen LogP contribution in [0, 0.1) is 0 Å². The number of esters is 1. The van der Waals surface area contributed by atoms with E-state index in [0.29, 0.717) is 16.5 Å². The van der Waals surface area contributed by atoms with Gasteiger partial charge in [0.15, 0.2) is 0 Å². The molecule has 0 atom stereocenters. The number of nitrogen functional groups attached to an aromatic ring is 1. The van der Waals surface area contributed by atoms with Gasteiger partial charge in [0, 0.05) is 25.3 Å². The van der Waals surface area contributed by atoms with Crippen molar-refractivity contribution in [3.05, 3.63) is 10.4 Å². The lowest BCUT2D eigenvalue weighted by Gasteiger charge is -2.21. The monoisotopic (exact) mass is 296 g/mol. The lowest BCUT2D eigenvalue weighted by atomic mass is 10.1. The zero-order valence-electron chi connectivity index (χ0n) is 11.7. The second-order valence-electron chi connectivity index (χ2n) is 5.28. The molecule has 1 aromatic rings. The largest absolute Gasteiger partial charge is 0.465 e. The van der Waals surface area contributed by atoms with Crippen LogP contribution in [0.4, 0.5) is 10.7 Å². The summed E-state index contributed by atoms with van der Waals surface area (Å²) in [5.74, 6) is 0.190. The SMILES string of the molecule is COC(=O)c1sc(N2CCCOCC2)c(C2CC2)c1N. The fraction of sp³-hybridized carbons (Fsp3) is 0.643. The predicted octanol–water partition coefficient (Wildman–Crippen LogP) is 2.22. The lowest BCUT2D eigenvalue weighted by Crippen LogP contribution is -2.25. The molecule has 1 aromatic heterocycles. The molecule has 1 aliphatic carbocycles. The van der Waals surface area contributed by atoms with Gasteiger partial charge in [-0.3, -0.25) is 0 Å². The van der Waals surface area contributed by atoms with E-state index in [2.05, 4.69) is 4.90 Å². The highest BCUT2D eigenvalue weighted by molar-refractivity contribution is 7.18. The Hall–Kier alpha value is -1.27. The Morgan fingerprint density at radius 1 is 1.40 bits per heavy atom. The summed E-state index contributed by atoms with van der Waals surface area (Å²) in [4.78, 5) is 14.7. The maximum Gasteiger partial charge on any atom is 0.350 e. The van der Waals surface area contributed by atoms with Gasteiger partial charge in [0.2, 0.25) is 0 Å². The summed E-state index contributed by atoms with van der Waals surface area (Å²) in [6.07, 6.45) is 3.34. The van der Waals surface area contributed by atoms with Crippen LogP contribution in [-0.2, 0) is 9.47 Å². The number of nitrogens with two attached hydrogens (primary N) is 1. The number of nitrogens with zero attached hydrogens (tertiary/aromatic N) is 1. The van der Waals surface area contributed by atoms with E-state index in [1.54, 1.807) is 0 Å². The summed E-state index contributed by atoms with van der Waals surface area (Å²) < 4.78 is 10.4. The Morgan fingerprint density at radius 3 is 2.90 bits per heavy atom. The number of methoxy groups -OCH3 is 1. The van der Waals surface area contributed by atoms with Crippen LogP contribution in [0.1, 0.15) is 40.4 Å². The molecule has 20 heavy (non-hydrogen) atoms. The molecular formula is C14H20N2O3S. The Bertz CT molecular complexity index is 503. The van der Waals surface area contributed by atoms with Gasteiger partial charge in [-0.15, -0.1) is 11.3 Å². The topological polar surface area (TPSA) is 64.8 Å². The van der Waals surface area contributed by atoms with Crippen molar-refractivity contribution in [1.29, 1.82) is 0 Å². The van der Waals surface area contributed by atoms with Gasteiger partial charge >= 0.3 is 5.97 Å². The zero-order valence-corrected chi connectivity index (χ0v) is 12.5. The van der Waals surface area contributed by atoms with Gasteiger partial charge in [-0.2, -0.15) is 0 Å². The van der Waals surface area contributed by atoms with Crippen molar-refractivity contribution in [2.75, 3.05) is 44.0 Å². The van der Waals surface area contributed by atoms with Gasteiger partial charge in [0.05, 0.1) is 24.4 Å². The third-order valence-electron chi connectivity index (χ3n) is 3.83. The summed E-state index contributed by atoms with van der Waals surface area (Å²) in [5.41, 5.74) is 8.01. The highest BCUT2D eigenvalue weighted by atomic mass is 32.1. The van der Waals surface area contributed by atoms with Gasteiger partial charge in [0.25, 0.3) is 0 Å². The van der Waals surface area contributed by atoms with E-state index < -0.39 is 0 Å². The number of ether oxygens (including phenoxy) is 2. The van der Waals surface area contributed by atoms with Gasteiger partial charge in [0.1, 0.15) is 4.88 Å². The summed E-state index contributed by atoms with van der Waals surface area (Å²) in [5, 5.41) is 1.15. The molecule has 2 aliphatic rings. The molecule has 5 nitrogen and oxygen atoms in total. The smallest absolute Gasteiger partial charge is 0.350 e. The molecule has 2 heterocycles. The number of carbonyl (C=O) groups is 1. The molecule has 1 saturated carbocycles.